The van der Waals surface area contributed by atoms with Crippen LogP contribution in [0, 0.1) is 24.2 Å². The van der Waals surface area contributed by atoms with E-state index in [4.69, 9.17) is 37.8 Å². The van der Waals surface area contributed by atoms with E-state index in [-0.39, 0.29) is 48.0 Å². The maximum Gasteiger partial charge on any atom is 0.408 e. The van der Waals surface area contributed by atoms with Crippen molar-refractivity contribution >= 4 is 48.0 Å². The number of ether oxygens (including phenoxy) is 4. The lowest BCUT2D eigenvalue weighted by molar-refractivity contribution is -0.156. The SMILES string of the molecule is C.CC(C)(C)OC(=O)C[C@@H](C=O)NC(=O)OC(C)(C)C.CC(C)CC(=O)OC(C)(C)C.CCC(=O)OC(C)(C)C.CCOP(=O)(CC#N)OCC.Cc1ccc(S(=O)(=O)O)cc1. The summed E-state index contributed by atoms with van der Waals surface area (Å²) >= 11 is 0. The van der Waals surface area contributed by atoms with Gasteiger partial charge in [-0.25, -0.2) is 4.79 Å². The van der Waals surface area contributed by atoms with Crippen molar-refractivity contribution in [1.82, 2.24) is 5.32 Å². The van der Waals surface area contributed by atoms with Gasteiger partial charge in [-0.2, -0.15) is 13.7 Å². The average Bonchev–Trinajstić information content (AvgIpc) is 3.02. The van der Waals surface area contributed by atoms with Gasteiger partial charge in [0.1, 0.15) is 34.9 Å². The number of aryl methyl sites for hydroxylation is 1. The third kappa shape index (κ3) is 47.2. The summed E-state index contributed by atoms with van der Waals surface area (Å²) in [5.74, 6) is -0.416. The van der Waals surface area contributed by atoms with Crippen LogP contribution in [0.15, 0.2) is 29.2 Å². The van der Waals surface area contributed by atoms with Crippen LogP contribution in [-0.2, 0) is 61.9 Å². The van der Waals surface area contributed by atoms with E-state index in [1.807, 2.05) is 62.3 Å². The Hall–Kier alpha value is -3.88. The number of esters is 3. The highest BCUT2D eigenvalue weighted by molar-refractivity contribution is 7.85. The molecule has 0 heterocycles. The minimum absolute atomic E-state index is 0. The molecule has 0 aromatic heterocycles. The first-order chi connectivity index (χ1) is 27.4. The molecule has 1 rings (SSSR count). The van der Waals surface area contributed by atoms with Crippen molar-refractivity contribution in [1.29, 1.82) is 5.26 Å². The van der Waals surface area contributed by atoms with Gasteiger partial charge in [0, 0.05) is 12.8 Å². The molecule has 19 heteroatoms. The van der Waals surface area contributed by atoms with Crippen molar-refractivity contribution < 1.29 is 69.5 Å². The van der Waals surface area contributed by atoms with E-state index >= 15 is 0 Å². The van der Waals surface area contributed by atoms with E-state index in [1.165, 1.54) is 12.1 Å². The van der Waals surface area contributed by atoms with Gasteiger partial charge >= 0.3 is 31.6 Å². The molecule has 0 saturated carbocycles. The molecule has 0 aliphatic carbocycles. The van der Waals surface area contributed by atoms with Crippen molar-refractivity contribution in [3.63, 3.8) is 0 Å². The number of alkyl carbamates (subject to hydrolysis) is 1. The Bertz CT molecular complexity index is 1610. The smallest absolute Gasteiger partial charge is 0.408 e. The van der Waals surface area contributed by atoms with Crippen LogP contribution in [0.1, 0.15) is 150 Å². The van der Waals surface area contributed by atoms with Crippen LogP contribution in [0.3, 0.4) is 0 Å². The first kappa shape index (κ1) is 67.2. The molecular formula is C43H79N2O15PS. The summed E-state index contributed by atoms with van der Waals surface area (Å²) in [4.78, 5) is 55.4. The lowest BCUT2D eigenvalue weighted by Crippen LogP contribution is -2.41. The zero-order valence-corrected chi connectivity index (χ0v) is 41.5. The predicted octanol–water partition coefficient (Wildman–Crippen LogP) is 9.58. The van der Waals surface area contributed by atoms with Gasteiger partial charge in [-0.05, 0) is 122 Å². The highest BCUT2D eigenvalue weighted by atomic mass is 32.2. The molecule has 2 N–H and O–H groups in total. The van der Waals surface area contributed by atoms with Gasteiger partial charge in [-0.3, -0.25) is 23.5 Å². The van der Waals surface area contributed by atoms with Gasteiger partial charge in [-0.1, -0.05) is 45.9 Å². The standard InChI is InChI=1S/C13H23NO5.C9H18O2.C7H8O3S.C7H14O2.C6H12NO3P.CH4/c1-12(2,3)18-10(16)7-9(8-15)14-11(17)19-13(4,5)6;1-7(2)6-8(10)11-9(3,4)5;1-6-2-4-7(5-3-6)11(8,9)10;1-5-6(8)9-7(2,3)4;1-3-9-11(8,6-5-7)10-4-2;/h8-9H,7H2,1-6H3,(H,14,17);7H,6H2,1-5H3;2-5H,1H3,(H,8,9,10);5H2,1-4H3;3-4,6H2,1-2H3;1H4/t9-;;;;;/m0...../s1. The molecule has 17 nitrogen and oxygen atoms in total. The number of hydrogen-bond acceptors (Lipinski definition) is 15. The van der Waals surface area contributed by atoms with E-state index in [0.29, 0.717) is 38.3 Å². The van der Waals surface area contributed by atoms with E-state index < -0.39 is 47.0 Å². The van der Waals surface area contributed by atoms with Crippen LogP contribution >= 0.6 is 7.60 Å². The molecule has 0 aliphatic rings. The van der Waals surface area contributed by atoms with Gasteiger partial charge in [0.05, 0.1) is 36.6 Å². The first-order valence-electron chi connectivity index (χ1n) is 19.8. The van der Waals surface area contributed by atoms with E-state index in [9.17, 15) is 37.0 Å². The number of nitriles is 1. The zero-order valence-electron chi connectivity index (χ0n) is 39.7. The highest BCUT2D eigenvalue weighted by Crippen LogP contribution is 2.47. The summed E-state index contributed by atoms with van der Waals surface area (Å²) < 4.78 is 70.7. The predicted molar refractivity (Wildman–Crippen MR) is 240 cm³/mol. The van der Waals surface area contributed by atoms with Crippen molar-refractivity contribution in [2.24, 2.45) is 5.92 Å². The Morgan fingerprint density at radius 3 is 1.39 bits per heavy atom. The molecule has 0 radical (unpaired) electrons. The topological polar surface area (TPSA) is 248 Å². The van der Waals surface area contributed by atoms with Gasteiger partial charge < -0.3 is 38.1 Å². The summed E-state index contributed by atoms with van der Waals surface area (Å²) in [7, 11) is -7.10. The molecule has 62 heavy (non-hydrogen) atoms. The van der Waals surface area contributed by atoms with E-state index in [0.717, 1.165) is 5.56 Å². The molecule has 1 aromatic rings. The Morgan fingerprint density at radius 1 is 0.742 bits per heavy atom. The first-order valence-corrected chi connectivity index (χ1v) is 22.9. The number of hydrogen-bond donors (Lipinski definition) is 2. The molecule has 0 aliphatic heterocycles. The normalized spacial score (nSPS) is 11.8. The second kappa shape index (κ2) is 31.9. The fourth-order valence-electron chi connectivity index (χ4n) is 3.60. The molecule has 1 atom stereocenters. The highest BCUT2D eigenvalue weighted by Gasteiger charge is 2.24. The van der Waals surface area contributed by atoms with E-state index in [1.54, 1.807) is 80.5 Å². The summed E-state index contributed by atoms with van der Waals surface area (Å²) in [6.45, 7) is 33.2. The fourth-order valence-corrected chi connectivity index (χ4v) is 5.30. The molecule has 0 saturated heterocycles. The van der Waals surface area contributed by atoms with Crippen molar-refractivity contribution in [3.05, 3.63) is 29.8 Å². The fraction of sp³-hybridized carbons (Fsp3) is 0.721. The molecule has 362 valence electrons. The minimum atomic E-state index is -4.02. The maximum atomic E-state index is 11.5. The number of nitrogens with zero attached hydrogens (tertiary/aromatic N) is 1. The third-order valence-electron chi connectivity index (χ3n) is 5.61. The Morgan fingerprint density at radius 2 is 1.11 bits per heavy atom. The Balaban J connectivity index is -0.000000224. The number of carbonyl (C=O) groups is 5. The monoisotopic (exact) mass is 926 g/mol. The van der Waals surface area contributed by atoms with Crippen molar-refractivity contribution in [2.45, 2.75) is 185 Å². The van der Waals surface area contributed by atoms with Crippen LogP contribution in [-0.4, -0.2) is 91.1 Å². The zero-order chi connectivity index (χ0) is 49.1. The van der Waals surface area contributed by atoms with Gasteiger partial charge in [-0.15, -0.1) is 0 Å². The molecule has 0 spiro atoms. The molecule has 0 fully saturated rings. The summed E-state index contributed by atoms with van der Waals surface area (Å²) in [6.07, 6.45) is 0.310. The number of benzene rings is 1. The molecule has 0 bridgehead atoms. The lowest BCUT2D eigenvalue weighted by atomic mass is 10.1. The van der Waals surface area contributed by atoms with Gasteiger partial charge in [0.2, 0.25) is 0 Å². The number of carbonyl (C=O) groups excluding carboxylic acids is 5. The molecule has 1 aromatic carbocycles. The maximum absolute atomic E-state index is 11.5. The van der Waals surface area contributed by atoms with Crippen LogP contribution in [0.5, 0.6) is 0 Å². The largest absolute Gasteiger partial charge is 0.460 e. The third-order valence-corrected chi connectivity index (χ3v) is 8.31. The molecular weight excluding hydrogens is 848 g/mol. The molecule has 1 amide bonds. The van der Waals surface area contributed by atoms with Crippen LogP contribution in [0.4, 0.5) is 4.79 Å². The van der Waals surface area contributed by atoms with Gasteiger partial charge in [0.25, 0.3) is 10.1 Å². The quantitative estimate of drug-likeness (QED) is 0.0614. The Labute approximate surface area is 372 Å². The van der Waals surface area contributed by atoms with Crippen LogP contribution in [0.25, 0.3) is 0 Å². The number of amides is 1. The van der Waals surface area contributed by atoms with Crippen LogP contribution < -0.4 is 5.32 Å². The minimum Gasteiger partial charge on any atom is -0.460 e. The number of nitrogens with one attached hydrogen (secondary N) is 1. The van der Waals surface area contributed by atoms with Crippen molar-refractivity contribution in [2.75, 3.05) is 19.4 Å². The van der Waals surface area contributed by atoms with E-state index in [2.05, 4.69) is 5.32 Å². The summed E-state index contributed by atoms with van der Waals surface area (Å²) in [5.41, 5.74) is -1.00. The Kier molecular flexibility index (Phi) is 34.6. The second-order valence-corrected chi connectivity index (χ2v) is 20.8. The lowest BCUT2D eigenvalue weighted by Gasteiger charge is -2.23. The average molecular weight is 927 g/mol. The van der Waals surface area contributed by atoms with Crippen molar-refractivity contribution in [3.8, 4) is 6.07 Å². The number of aldehydes is 1. The van der Waals surface area contributed by atoms with Crippen LogP contribution in [0.2, 0.25) is 0 Å². The second-order valence-electron chi connectivity index (χ2n) is 17.4. The summed E-state index contributed by atoms with van der Waals surface area (Å²) in [5, 5.41) is 10.6. The number of rotatable bonds is 13. The van der Waals surface area contributed by atoms with Gasteiger partial charge in [0.15, 0.2) is 0 Å². The summed E-state index contributed by atoms with van der Waals surface area (Å²) in [6, 6.07) is 6.80. The molecule has 0 unspecified atom stereocenters.